The van der Waals surface area contributed by atoms with Crippen molar-refractivity contribution in [3.63, 3.8) is 0 Å². The van der Waals surface area contributed by atoms with E-state index in [-0.39, 0.29) is 10.8 Å². The number of rotatable bonds is 6. The van der Waals surface area contributed by atoms with Gasteiger partial charge in [0.05, 0.1) is 5.02 Å². The molecule has 0 unspecified atom stereocenters. The topological polar surface area (TPSA) is 98.2 Å². The van der Waals surface area contributed by atoms with Gasteiger partial charge in [0.15, 0.2) is 0 Å². The average molecular weight is 446 g/mol. The standard InChI is InChI=1S/C22H32ClN7O/c1-30(17-10-12-24-13-11-17)22-28-20(25-15-6-4-2-3-5-7-15)27-21(29-22)26-16-8-9-19(31)18(23)14-16/h8-9,14-15,17,24,31H,2-7,10-13H2,1H3,(H2,25,26,27,28,29). The fraction of sp³-hybridized carbons (Fsp3) is 0.591. The number of aromatic hydroxyl groups is 1. The van der Waals surface area contributed by atoms with Gasteiger partial charge in [-0.05, 0) is 57.0 Å². The van der Waals surface area contributed by atoms with Crippen molar-refractivity contribution in [1.29, 1.82) is 0 Å². The highest BCUT2D eigenvalue weighted by atomic mass is 35.5. The van der Waals surface area contributed by atoms with Crippen LogP contribution >= 0.6 is 11.6 Å². The lowest BCUT2D eigenvalue weighted by atomic mass is 10.1. The second-order valence-corrected chi connectivity index (χ2v) is 8.91. The van der Waals surface area contributed by atoms with Gasteiger partial charge in [-0.25, -0.2) is 0 Å². The third-order valence-electron chi connectivity index (χ3n) is 6.19. The molecule has 2 heterocycles. The first kappa shape index (κ1) is 21.9. The SMILES string of the molecule is CN(c1nc(Nc2ccc(O)c(Cl)c2)nc(NC2CCCCCC2)n1)C1CCNCC1. The fourth-order valence-corrected chi connectivity index (χ4v) is 4.50. The van der Waals surface area contributed by atoms with Gasteiger partial charge in [-0.3, -0.25) is 0 Å². The Balaban J connectivity index is 1.59. The molecule has 0 spiro atoms. The number of piperidine rings is 1. The number of phenolic OH excluding ortho intramolecular Hbond substituents is 1. The summed E-state index contributed by atoms with van der Waals surface area (Å²) in [4.78, 5) is 16.3. The molecule has 1 aliphatic carbocycles. The molecule has 4 rings (SSSR count). The number of halogens is 1. The molecule has 0 atom stereocenters. The highest BCUT2D eigenvalue weighted by Gasteiger charge is 2.22. The number of benzene rings is 1. The van der Waals surface area contributed by atoms with Crippen LogP contribution in [0.25, 0.3) is 0 Å². The van der Waals surface area contributed by atoms with Gasteiger partial charge < -0.3 is 26.0 Å². The fourth-order valence-electron chi connectivity index (χ4n) is 4.32. The van der Waals surface area contributed by atoms with E-state index in [1.807, 2.05) is 0 Å². The zero-order chi connectivity index (χ0) is 21.6. The van der Waals surface area contributed by atoms with E-state index in [0.29, 0.717) is 35.6 Å². The number of nitrogens with zero attached hydrogens (tertiary/aromatic N) is 4. The maximum atomic E-state index is 9.70. The molecule has 1 saturated heterocycles. The van der Waals surface area contributed by atoms with E-state index < -0.39 is 0 Å². The molecular formula is C22H32ClN7O. The maximum absolute atomic E-state index is 9.70. The summed E-state index contributed by atoms with van der Waals surface area (Å²) in [5.74, 6) is 1.77. The summed E-state index contributed by atoms with van der Waals surface area (Å²) < 4.78 is 0. The number of phenols is 1. The number of aromatic nitrogens is 3. The Morgan fingerprint density at radius 3 is 2.42 bits per heavy atom. The normalized spacial score (nSPS) is 18.4. The highest BCUT2D eigenvalue weighted by molar-refractivity contribution is 6.32. The summed E-state index contributed by atoms with van der Waals surface area (Å²) >= 11 is 6.07. The van der Waals surface area contributed by atoms with Crippen molar-refractivity contribution in [3.05, 3.63) is 23.2 Å². The molecule has 0 radical (unpaired) electrons. The van der Waals surface area contributed by atoms with Crippen molar-refractivity contribution >= 4 is 35.1 Å². The summed E-state index contributed by atoms with van der Waals surface area (Å²) in [5, 5.41) is 20.2. The molecule has 31 heavy (non-hydrogen) atoms. The lowest BCUT2D eigenvalue weighted by molar-refractivity contribution is 0.439. The predicted molar refractivity (Wildman–Crippen MR) is 126 cm³/mol. The van der Waals surface area contributed by atoms with E-state index in [1.54, 1.807) is 18.2 Å². The lowest BCUT2D eigenvalue weighted by Gasteiger charge is -2.32. The molecule has 1 aromatic carbocycles. The van der Waals surface area contributed by atoms with E-state index in [2.05, 4.69) is 32.9 Å². The Morgan fingerprint density at radius 2 is 1.71 bits per heavy atom. The minimum absolute atomic E-state index is 0.0462. The van der Waals surface area contributed by atoms with Gasteiger partial charge in [0.25, 0.3) is 0 Å². The summed E-state index contributed by atoms with van der Waals surface area (Å²) in [7, 11) is 2.06. The Kier molecular flexibility index (Phi) is 7.29. The van der Waals surface area contributed by atoms with Crippen LogP contribution in [0.3, 0.4) is 0 Å². The van der Waals surface area contributed by atoms with Gasteiger partial charge in [0, 0.05) is 24.8 Å². The van der Waals surface area contributed by atoms with Gasteiger partial charge in [-0.1, -0.05) is 37.3 Å². The first-order valence-corrected chi connectivity index (χ1v) is 11.7. The van der Waals surface area contributed by atoms with Crippen molar-refractivity contribution in [3.8, 4) is 5.75 Å². The second-order valence-electron chi connectivity index (χ2n) is 8.50. The van der Waals surface area contributed by atoms with Crippen LogP contribution in [-0.2, 0) is 0 Å². The van der Waals surface area contributed by atoms with Gasteiger partial charge in [0.1, 0.15) is 5.75 Å². The van der Waals surface area contributed by atoms with Crippen LogP contribution in [0.5, 0.6) is 5.75 Å². The average Bonchev–Trinajstić information content (AvgIpc) is 3.05. The zero-order valence-electron chi connectivity index (χ0n) is 18.1. The highest BCUT2D eigenvalue weighted by Crippen LogP contribution is 2.28. The minimum Gasteiger partial charge on any atom is -0.506 e. The summed E-state index contributed by atoms with van der Waals surface area (Å²) in [6.07, 6.45) is 9.47. The van der Waals surface area contributed by atoms with Crippen molar-refractivity contribution in [2.45, 2.75) is 63.5 Å². The Bertz CT molecular complexity index is 867. The van der Waals surface area contributed by atoms with Crippen LogP contribution in [0.4, 0.5) is 23.5 Å². The second kappa shape index (κ2) is 10.3. The number of hydrogen-bond donors (Lipinski definition) is 4. The first-order chi connectivity index (χ1) is 15.1. The first-order valence-electron chi connectivity index (χ1n) is 11.3. The number of hydrogen-bond acceptors (Lipinski definition) is 8. The van der Waals surface area contributed by atoms with E-state index in [9.17, 15) is 5.11 Å². The van der Waals surface area contributed by atoms with Crippen molar-refractivity contribution in [2.24, 2.45) is 0 Å². The molecular weight excluding hydrogens is 414 g/mol. The quantitative estimate of drug-likeness (QED) is 0.386. The smallest absolute Gasteiger partial charge is 0.233 e. The Hall–Kier alpha value is -2.32. The molecule has 1 aliphatic heterocycles. The molecule has 1 saturated carbocycles. The predicted octanol–water partition coefficient (Wildman–Crippen LogP) is 4.30. The lowest BCUT2D eigenvalue weighted by Crippen LogP contribution is -2.42. The van der Waals surface area contributed by atoms with Crippen LogP contribution in [0.2, 0.25) is 5.02 Å². The summed E-state index contributed by atoms with van der Waals surface area (Å²) in [6.45, 7) is 2.01. The van der Waals surface area contributed by atoms with Crippen molar-refractivity contribution in [1.82, 2.24) is 20.3 Å². The molecule has 4 N–H and O–H groups in total. The van der Waals surface area contributed by atoms with E-state index in [4.69, 9.17) is 21.6 Å². The van der Waals surface area contributed by atoms with Crippen molar-refractivity contribution in [2.75, 3.05) is 35.7 Å². The minimum atomic E-state index is 0.0462. The zero-order valence-corrected chi connectivity index (χ0v) is 18.8. The van der Waals surface area contributed by atoms with Crippen LogP contribution in [0, 0.1) is 0 Å². The maximum Gasteiger partial charge on any atom is 0.233 e. The van der Waals surface area contributed by atoms with Crippen LogP contribution < -0.4 is 20.9 Å². The van der Waals surface area contributed by atoms with E-state index in [0.717, 1.165) is 38.8 Å². The molecule has 168 valence electrons. The summed E-state index contributed by atoms with van der Waals surface area (Å²) in [5.41, 5.74) is 0.713. The van der Waals surface area contributed by atoms with Crippen molar-refractivity contribution < 1.29 is 5.11 Å². The Labute approximate surface area is 188 Å². The Morgan fingerprint density at radius 1 is 1.00 bits per heavy atom. The van der Waals surface area contributed by atoms with Crippen LogP contribution in [-0.4, -0.2) is 52.3 Å². The molecule has 1 aromatic heterocycles. The molecule has 2 fully saturated rings. The molecule has 2 aliphatic rings. The van der Waals surface area contributed by atoms with Gasteiger partial charge in [-0.15, -0.1) is 0 Å². The number of anilines is 4. The van der Waals surface area contributed by atoms with Crippen LogP contribution in [0.15, 0.2) is 18.2 Å². The van der Waals surface area contributed by atoms with Crippen LogP contribution in [0.1, 0.15) is 51.4 Å². The molecule has 0 amide bonds. The van der Waals surface area contributed by atoms with E-state index >= 15 is 0 Å². The monoisotopic (exact) mass is 445 g/mol. The van der Waals surface area contributed by atoms with E-state index in [1.165, 1.54) is 25.7 Å². The molecule has 2 aromatic rings. The summed E-state index contributed by atoms with van der Waals surface area (Å²) in [6, 6.07) is 5.75. The number of nitrogens with one attached hydrogen (secondary N) is 3. The van der Waals surface area contributed by atoms with Gasteiger partial charge >= 0.3 is 0 Å². The largest absolute Gasteiger partial charge is 0.506 e. The molecule has 8 nitrogen and oxygen atoms in total. The molecule has 0 bridgehead atoms. The third-order valence-corrected chi connectivity index (χ3v) is 6.49. The van der Waals surface area contributed by atoms with Gasteiger partial charge in [-0.2, -0.15) is 15.0 Å². The molecule has 9 heteroatoms. The third kappa shape index (κ3) is 5.89. The van der Waals surface area contributed by atoms with Gasteiger partial charge in [0.2, 0.25) is 17.8 Å².